The molecular formula is C22H23ClN4O2. The van der Waals surface area contributed by atoms with Gasteiger partial charge >= 0.3 is 0 Å². The van der Waals surface area contributed by atoms with Crippen molar-refractivity contribution >= 4 is 38.5 Å². The molecular weight excluding hydrogens is 388 g/mol. The first-order valence-electron chi connectivity index (χ1n) is 9.47. The van der Waals surface area contributed by atoms with Crippen molar-refractivity contribution in [2.24, 2.45) is 0 Å². The van der Waals surface area contributed by atoms with Crippen LogP contribution in [0.5, 0.6) is 0 Å². The van der Waals surface area contributed by atoms with E-state index in [0.29, 0.717) is 22.2 Å². The van der Waals surface area contributed by atoms with Gasteiger partial charge in [-0.2, -0.15) is 9.61 Å². The second kappa shape index (κ2) is 6.15. The average molecular weight is 411 g/mol. The van der Waals surface area contributed by atoms with Crippen LogP contribution in [0.4, 0.5) is 5.69 Å². The lowest BCUT2D eigenvalue weighted by Crippen LogP contribution is -3.00. The molecule has 0 bridgehead atoms. The number of nitrogens with zero attached hydrogens (tertiary/aromatic N) is 4. The van der Waals surface area contributed by atoms with E-state index in [-0.39, 0.29) is 23.7 Å². The number of quaternary nitrogens is 1. The van der Waals surface area contributed by atoms with Crippen molar-refractivity contribution in [3.8, 4) is 0 Å². The number of rotatable bonds is 1. The summed E-state index contributed by atoms with van der Waals surface area (Å²) in [5.41, 5.74) is 4.02. The van der Waals surface area contributed by atoms with Crippen molar-refractivity contribution in [3.05, 3.63) is 51.4 Å². The molecule has 7 heteroatoms. The Morgan fingerprint density at radius 1 is 1.17 bits per heavy atom. The fourth-order valence-corrected chi connectivity index (χ4v) is 5.08. The van der Waals surface area contributed by atoms with Gasteiger partial charge in [-0.3, -0.25) is 9.59 Å². The van der Waals surface area contributed by atoms with Gasteiger partial charge in [-0.25, -0.2) is 0 Å². The smallest absolute Gasteiger partial charge is 0.279 e. The first-order valence-corrected chi connectivity index (χ1v) is 9.47. The van der Waals surface area contributed by atoms with Crippen LogP contribution in [0, 0.1) is 6.92 Å². The highest BCUT2D eigenvalue weighted by atomic mass is 35.5. The summed E-state index contributed by atoms with van der Waals surface area (Å²) in [5.74, 6) is -0.0648. The summed E-state index contributed by atoms with van der Waals surface area (Å²) in [6, 6.07) is 8.05. The number of ketones is 1. The Hall–Kier alpha value is -2.70. The number of carbonyl (C=O) groups is 1. The van der Waals surface area contributed by atoms with Crippen LogP contribution >= 0.6 is 0 Å². The number of halogens is 1. The molecule has 2 aromatic carbocycles. The van der Waals surface area contributed by atoms with Gasteiger partial charge in [-0.05, 0) is 26.0 Å². The van der Waals surface area contributed by atoms with Crippen molar-refractivity contribution < 1.29 is 21.7 Å². The Labute approximate surface area is 174 Å². The van der Waals surface area contributed by atoms with E-state index in [1.54, 1.807) is 13.8 Å². The molecule has 0 radical (unpaired) electrons. The Balaban J connectivity index is 0.00000205. The molecule has 150 valence electrons. The van der Waals surface area contributed by atoms with Gasteiger partial charge in [0.05, 0.1) is 41.9 Å². The SMILES string of the molecule is CC(=O)c1c(C)nn2c(=O)c3cccc4c5c(cc(c43)c12)C[N+](C)(C)CN5C.[Cl-]. The molecule has 0 spiro atoms. The Bertz CT molecular complexity index is 1370. The zero-order valence-electron chi connectivity index (χ0n) is 17.2. The third-order valence-corrected chi connectivity index (χ3v) is 5.88. The monoisotopic (exact) mass is 410 g/mol. The van der Waals surface area contributed by atoms with Crippen LogP contribution < -0.4 is 22.9 Å². The van der Waals surface area contributed by atoms with Gasteiger partial charge < -0.3 is 21.8 Å². The lowest BCUT2D eigenvalue weighted by Gasteiger charge is -2.41. The molecule has 0 amide bonds. The third-order valence-electron chi connectivity index (χ3n) is 5.88. The minimum absolute atomic E-state index is 0. The van der Waals surface area contributed by atoms with Crippen molar-refractivity contribution in [3.63, 3.8) is 0 Å². The van der Waals surface area contributed by atoms with E-state index in [4.69, 9.17) is 0 Å². The number of Topliss-reactive ketones (excluding diaryl/α,β-unsaturated/α-hetero) is 1. The number of pyridine rings is 1. The first kappa shape index (κ1) is 19.6. The molecule has 6 nitrogen and oxygen atoms in total. The molecule has 3 heterocycles. The number of carbonyl (C=O) groups excluding carboxylic acids is 1. The van der Waals surface area contributed by atoms with Crippen molar-refractivity contribution in [1.29, 1.82) is 0 Å². The summed E-state index contributed by atoms with van der Waals surface area (Å²) in [6.07, 6.45) is 0. The minimum Gasteiger partial charge on any atom is -1.00 e. The standard InChI is InChI=1S/C22H23N4O2.ClH/c1-12-18(13(2)27)21-17-9-14-10-26(4,5)11-24(3)20(14)15-7-6-8-16(19(15)17)22(28)25(21)23-12;/h6-9H,10-11H2,1-5H3;1H/q+1;/p-1. The number of aromatic nitrogens is 2. The molecule has 0 unspecified atom stereocenters. The van der Waals surface area contributed by atoms with Crippen molar-refractivity contribution in [2.45, 2.75) is 20.4 Å². The molecule has 0 atom stereocenters. The van der Waals surface area contributed by atoms with Gasteiger partial charge in [0.1, 0.15) is 6.54 Å². The summed E-state index contributed by atoms with van der Waals surface area (Å²) in [6.45, 7) is 5.13. The van der Waals surface area contributed by atoms with Crippen LogP contribution in [0.25, 0.3) is 27.1 Å². The number of hydrogen-bond donors (Lipinski definition) is 0. The number of anilines is 1. The highest BCUT2D eigenvalue weighted by molar-refractivity contribution is 6.22. The number of fused-ring (bicyclic) bond motifs is 4. The maximum absolute atomic E-state index is 13.2. The predicted molar refractivity (Wildman–Crippen MR) is 111 cm³/mol. The maximum atomic E-state index is 13.2. The van der Waals surface area contributed by atoms with Crippen LogP contribution in [0.1, 0.15) is 28.5 Å². The molecule has 0 aliphatic carbocycles. The number of hydrogen-bond acceptors (Lipinski definition) is 4. The van der Waals surface area contributed by atoms with E-state index in [2.05, 4.69) is 43.3 Å². The lowest BCUT2D eigenvalue weighted by atomic mass is 9.93. The van der Waals surface area contributed by atoms with Gasteiger partial charge in [0.15, 0.2) is 12.5 Å². The van der Waals surface area contributed by atoms with Crippen LogP contribution in [-0.4, -0.2) is 47.7 Å². The molecule has 2 aromatic heterocycles. The summed E-state index contributed by atoms with van der Waals surface area (Å²) in [4.78, 5) is 27.9. The molecule has 0 saturated heterocycles. The third kappa shape index (κ3) is 2.56. The quantitative estimate of drug-likeness (QED) is 0.326. The van der Waals surface area contributed by atoms with E-state index in [1.807, 2.05) is 12.1 Å². The summed E-state index contributed by atoms with van der Waals surface area (Å²) in [7, 11) is 6.53. The fourth-order valence-electron chi connectivity index (χ4n) is 5.08. The summed E-state index contributed by atoms with van der Waals surface area (Å²) in [5, 5.41) is 8.01. The maximum Gasteiger partial charge on any atom is 0.279 e. The zero-order valence-corrected chi connectivity index (χ0v) is 18.0. The Kier molecular flexibility index (Phi) is 4.16. The van der Waals surface area contributed by atoms with E-state index < -0.39 is 0 Å². The van der Waals surface area contributed by atoms with Crippen LogP contribution in [0.2, 0.25) is 0 Å². The van der Waals surface area contributed by atoms with Gasteiger partial charge in [0.2, 0.25) is 0 Å². The molecule has 1 aliphatic heterocycles. The predicted octanol–water partition coefficient (Wildman–Crippen LogP) is -0.0626. The molecule has 4 aromatic rings. The van der Waals surface area contributed by atoms with E-state index in [1.165, 1.54) is 15.8 Å². The lowest BCUT2D eigenvalue weighted by molar-refractivity contribution is -0.904. The molecule has 29 heavy (non-hydrogen) atoms. The van der Waals surface area contributed by atoms with Gasteiger partial charge in [0.25, 0.3) is 5.56 Å². The summed E-state index contributed by atoms with van der Waals surface area (Å²) >= 11 is 0. The van der Waals surface area contributed by atoms with Gasteiger partial charge in [-0.15, -0.1) is 0 Å². The summed E-state index contributed by atoms with van der Waals surface area (Å²) < 4.78 is 2.27. The van der Waals surface area contributed by atoms with Crippen molar-refractivity contribution in [1.82, 2.24) is 9.61 Å². The van der Waals surface area contributed by atoms with Crippen LogP contribution in [0.3, 0.4) is 0 Å². The van der Waals surface area contributed by atoms with E-state index in [9.17, 15) is 9.59 Å². The van der Waals surface area contributed by atoms with Gasteiger partial charge in [-0.1, -0.05) is 12.1 Å². The topological polar surface area (TPSA) is 54.7 Å². The minimum atomic E-state index is -0.168. The van der Waals surface area contributed by atoms with E-state index >= 15 is 0 Å². The number of benzene rings is 2. The van der Waals surface area contributed by atoms with Crippen LogP contribution in [-0.2, 0) is 6.54 Å². The average Bonchev–Trinajstić information content (AvgIpc) is 2.95. The number of aryl methyl sites for hydroxylation is 1. The highest BCUT2D eigenvalue weighted by Gasteiger charge is 2.31. The Morgan fingerprint density at radius 3 is 2.55 bits per heavy atom. The molecule has 1 aliphatic rings. The van der Waals surface area contributed by atoms with Crippen molar-refractivity contribution in [2.75, 3.05) is 32.7 Å². The molecule has 0 fully saturated rings. The largest absolute Gasteiger partial charge is 1.00 e. The Morgan fingerprint density at radius 2 is 1.86 bits per heavy atom. The second-order valence-electron chi connectivity index (χ2n) is 8.68. The first-order chi connectivity index (χ1) is 13.2. The second-order valence-corrected chi connectivity index (χ2v) is 8.68. The zero-order chi connectivity index (χ0) is 20.0. The molecule has 5 rings (SSSR count). The normalized spacial score (nSPS) is 15.7. The van der Waals surface area contributed by atoms with Gasteiger partial charge in [0, 0.05) is 28.8 Å². The highest BCUT2D eigenvalue weighted by Crippen LogP contribution is 2.41. The molecule has 0 N–H and O–H groups in total. The van der Waals surface area contributed by atoms with Crippen LogP contribution in [0.15, 0.2) is 29.1 Å². The molecule has 0 saturated carbocycles. The fraction of sp³-hybridized carbons (Fsp3) is 0.318. The van der Waals surface area contributed by atoms with E-state index in [0.717, 1.165) is 33.9 Å².